The van der Waals surface area contributed by atoms with Crippen LogP contribution in [0.3, 0.4) is 0 Å². The summed E-state index contributed by atoms with van der Waals surface area (Å²) in [5, 5.41) is 0. The standard InChI is InChI=1S/C9H16FN.C2H6/c1-7-6-9(10)5-3-4-8(9)11(7)2;1-2/h7-8H,3-6H2,1-2H3;1-2H3. The molecule has 1 saturated heterocycles. The van der Waals surface area contributed by atoms with Crippen LogP contribution >= 0.6 is 0 Å². The van der Waals surface area contributed by atoms with Gasteiger partial charge in [-0.15, -0.1) is 0 Å². The van der Waals surface area contributed by atoms with Gasteiger partial charge in [-0.3, -0.25) is 4.90 Å². The van der Waals surface area contributed by atoms with Crippen molar-refractivity contribution in [2.75, 3.05) is 7.05 Å². The summed E-state index contributed by atoms with van der Waals surface area (Å²) < 4.78 is 14.0. The number of rotatable bonds is 0. The van der Waals surface area contributed by atoms with E-state index in [0.717, 1.165) is 25.7 Å². The number of alkyl halides is 1. The van der Waals surface area contributed by atoms with Crippen molar-refractivity contribution in [3.05, 3.63) is 0 Å². The summed E-state index contributed by atoms with van der Waals surface area (Å²) in [7, 11) is 2.06. The molecule has 0 aromatic carbocycles. The number of nitrogens with zero attached hydrogens (tertiary/aromatic N) is 1. The average molecular weight is 187 g/mol. The lowest BCUT2D eigenvalue weighted by Gasteiger charge is -2.23. The normalized spacial score (nSPS) is 44.1. The summed E-state index contributed by atoms with van der Waals surface area (Å²) >= 11 is 0. The zero-order valence-electron chi connectivity index (χ0n) is 9.31. The fraction of sp³-hybridized carbons (Fsp3) is 1.00. The predicted molar refractivity (Wildman–Crippen MR) is 54.7 cm³/mol. The Labute approximate surface area is 81.3 Å². The zero-order chi connectivity index (χ0) is 10.1. The van der Waals surface area contributed by atoms with Crippen molar-refractivity contribution < 1.29 is 4.39 Å². The molecule has 1 aliphatic heterocycles. The molecule has 2 heteroatoms. The molecule has 3 unspecified atom stereocenters. The Morgan fingerprint density at radius 3 is 2.54 bits per heavy atom. The molecule has 2 fully saturated rings. The van der Waals surface area contributed by atoms with Gasteiger partial charge in [0, 0.05) is 12.1 Å². The first-order valence-electron chi connectivity index (χ1n) is 5.54. The summed E-state index contributed by atoms with van der Waals surface area (Å²) in [5.74, 6) is 0. The van der Waals surface area contributed by atoms with Gasteiger partial charge in [-0.25, -0.2) is 4.39 Å². The molecule has 0 amide bonds. The Morgan fingerprint density at radius 2 is 2.00 bits per heavy atom. The molecule has 78 valence electrons. The molecule has 1 nitrogen and oxygen atoms in total. The second-order valence-corrected chi connectivity index (χ2v) is 4.16. The van der Waals surface area contributed by atoms with E-state index in [4.69, 9.17) is 0 Å². The van der Waals surface area contributed by atoms with Crippen molar-refractivity contribution in [1.29, 1.82) is 0 Å². The summed E-state index contributed by atoms with van der Waals surface area (Å²) in [6.45, 7) is 6.12. The highest BCUT2D eigenvalue weighted by atomic mass is 19.1. The Balaban J connectivity index is 0.000000396. The van der Waals surface area contributed by atoms with Crippen LogP contribution in [0.1, 0.15) is 46.5 Å². The SMILES string of the molecule is CC.CC1CC2(F)CCCC2N1C. The number of fused-ring (bicyclic) bond motifs is 1. The highest BCUT2D eigenvalue weighted by Gasteiger charge is 2.52. The van der Waals surface area contributed by atoms with Crippen molar-refractivity contribution in [3.8, 4) is 0 Å². The molecule has 0 aromatic rings. The molecule has 3 atom stereocenters. The highest BCUT2D eigenvalue weighted by molar-refractivity contribution is 5.06. The van der Waals surface area contributed by atoms with E-state index in [2.05, 4.69) is 18.9 Å². The second-order valence-electron chi connectivity index (χ2n) is 4.16. The van der Waals surface area contributed by atoms with Gasteiger partial charge in [0.25, 0.3) is 0 Å². The van der Waals surface area contributed by atoms with E-state index < -0.39 is 5.67 Å². The number of hydrogen-bond donors (Lipinski definition) is 0. The predicted octanol–water partition coefficient (Wildman–Crippen LogP) is 3.00. The van der Waals surface area contributed by atoms with E-state index in [9.17, 15) is 4.39 Å². The fourth-order valence-corrected chi connectivity index (χ4v) is 2.76. The van der Waals surface area contributed by atoms with Crippen LogP contribution in [-0.2, 0) is 0 Å². The summed E-state index contributed by atoms with van der Waals surface area (Å²) in [6, 6.07) is 0.683. The third-order valence-electron chi connectivity index (χ3n) is 3.49. The zero-order valence-corrected chi connectivity index (χ0v) is 9.31. The van der Waals surface area contributed by atoms with E-state index in [0.29, 0.717) is 6.04 Å². The van der Waals surface area contributed by atoms with Gasteiger partial charge in [0.05, 0.1) is 0 Å². The summed E-state index contributed by atoms with van der Waals surface area (Å²) in [5.41, 5.74) is -0.825. The molecule has 0 bridgehead atoms. The molecule has 0 N–H and O–H groups in total. The Kier molecular flexibility index (Phi) is 3.33. The maximum absolute atomic E-state index is 14.0. The first kappa shape index (κ1) is 11.0. The van der Waals surface area contributed by atoms with E-state index in [1.165, 1.54) is 0 Å². The molecule has 0 spiro atoms. The fourth-order valence-electron chi connectivity index (χ4n) is 2.76. The van der Waals surface area contributed by atoms with Crippen molar-refractivity contribution in [2.24, 2.45) is 0 Å². The molecule has 2 rings (SSSR count). The summed E-state index contributed by atoms with van der Waals surface area (Å²) in [6.07, 6.45) is 3.70. The van der Waals surface area contributed by atoms with E-state index >= 15 is 0 Å². The second kappa shape index (κ2) is 3.95. The highest BCUT2D eigenvalue weighted by Crippen LogP contribution is 2.46. The lowest BCUT2D eigenvalue weighted by Crippen LogP contribution is -2.35. The van der Waals surface area contributed by atoms with Gasteiger partial charge >= 0.3 is 0 Å². The minimum Gasteiger partial charge on any atom is -0.297 e. The van der Waals surface area contributed by atoms with Crippen molar-refractivity contribution in [1.82, 2.24) is 4.90 Å². The van der Waals surface area contributed by atoms with Crippen molar-refractivity contribution in [2.45, 2.75) is 64.2 Å². The molecule has 13 heavy (non-hydrogen) atoms. The quantitative estimate of drug-likeness (QED) is 0.563. The minimum atomic E-state index is -0.825. The first-order valence-corrected chi connectivity index (χ1v) is 5.54. The average Bonchev–Trinajstić information content (AvgIpc) is 2.56. The maximum Gasteiger partial charge on any atom is 0.127 e. The van der Waals surface area contributed by atoms with Crippen LogP contribution in [0.15, 0.2) is 0 Å². The lowest BCUT2D eigenvalue weighted by atomic mass is 9.99. The Bertz CT molecular complexity index is 171. The van der Waals surface area contributed by atoms with Crippen LogP contribution in [-0.4, -0.2) is 29.7 Å². The third-order valence-corrected chi connectivity index (χ3v) is 3.49. The monoisotopic (exact) mass is 187 g/mol. The van der Waals surface area contributed by atoms with Crippen LogP contribution in [0.4, 0.5) is 4.39 Å². The van der Waals surface area contributed by atoms with Gasteiger partial charge in [-0.05, 0) is 39.7 Å². The molecule has 1 aliphatic carbocycles. The lowest BCUT2D eigenvalue weighted by molar-refractivity contribution is 0.134. The Hall–Kier alpha value is -0.110. The van der Waals surface area contributed by atoms with Gasteiger partial charge in [0.15, 0.2) is 0 Å². The van der Waals surface area contributed by atoms with E-state index in [1.807, 2.05) is 13.8 Å². The summed E-state index contributed by atoms with van der Waals surface area (Å²) in [4.78, 5) is 2.22. The number of likely N-dealkylation sites (tertiary alicyclic amines) is 1. The van der Waals surface area contributed by atoms with Crippen LogP contribution in [0.5, 0.6) is 0 Å². The van der Waals surface area contributed by atoms with Gasteiger partial charge in [-0.2, -0.15) is 0 Å². The van der Waals surface area contributed by atoms with E-state index in [1.54, 1.807) is 0 Å². The van der Waals surface area contributed by atoms with Crippen molar-refractivity contribution in [3.63, 3.8) is 0 Å². The van der Waals surface area contributed by atoms with Crippen LogP contribution in [0.2, 0.25) is 0 Å². The van der Waals surface area contributed by atoms with Gasteiger partial charge < -0.3 is 0 Å². The first-order chi connectivity index (χ1) is 6.13. The molecule has 0 aromatic heterocycles. The molecule has 1 saturated carbocycles. The van der Waals surface area contributed by atoms with Crippen LogP contribution in [0, 0.1) is 0 Å². The topological polar surface area (TPSA) is 3.24 Å². The van der Waals surface area contributed by atoms with Crippen LogP contribution < -0.4 is 0 Å². The molecular weight excluding hydrogens is 165 g/mol. The molecular formula is C11H22FN. The largest absolute Gasteiger partial charge is 0.297 e. The smallest absolute Gasteiger partial charge is 0.127 e. The van der Waals surface area contributed by atoms with Crippen LogP contribution in [0.25, 0.3) is 0 Å². The third kappa shape index (κ3) is 1.74. The van der Waals surface area contributed by atoms with Gasteiger partial charge in [0.1, 0.15) is 5.67 Å². The van der Waals surface area contributed by atoms with E-state index in [-0.39, 0.29) is 6.04 Å². The maximum atomic E-state index is 14.0. The van der Waals surface area contributed by atoms with Crippen molar-refractivity contribution >= 4 is 0 Å². The van der Waals surface area contributed by atoms with Gasteiger partial charge in [0.2, 0.25) is 0 Å². The minimum absolute atomic E-state index is 0.234. The molecule has 1 heterocycles. The molecule has 0 radical (unpaired) electrons. The number of hydrogen-bond acceptors (Lipinski definition) is 1. The van der Waals surface area contributed by atoms with Gasteiger partial charge in [-0.1, -0.05) is 13.8 Å². The number of halogens is 1. The molecule has 2 aliphatic rings. The Morgan fingerprint density at radius 1 is 1.38 bits per heavy atom.